The van der Waals surface area contributed by atoms with Gasteiger partial charge >= 0.3 is 0 Å². The van der Waals surface area contributed by atoms with Crippen LogP contribution in [0.3, 0.4) is 0 Å². The highest BCUT2D eigenvalue weighted by Gasteiger charge is 2.10. The van der Waals surface area contributed by atoms with Crippen molar-refractivity contribution in [2.45, 2.75) is 19.6 Å². The molecule has 0 rings (SSSR count). The van der Waals surface area contributed by atoms with E-state index in [9.17, 15) is 0 Å². The molecule has 0 amide bonds. The summed E-state index contributed by atoms with van der Waals surface area (Å²) >= 11 is 0. The maximum Gasteiger partial charge on any atom is 0.117 e. The Kier molecular flexibility index (Phi) is 5.26. The summed E-state index contributed by atoms with van der Waals surface area (Å²) in [4.78, 5) is 0. The van der Waals surface area contributed by atoms with Gasteiger partial charge in [-0.25, -0.2) is 0 Å². The summed E-state index contributed by atoms with van der Waals surface area (Å²) in [5.41, 5.74) is 4.33. The molecule has 1 nitrogen and oxygen atoms in total. The third kappa shape index (κ3) is 2.99. The Labute approximate surface area is 65.0 Å². The molecule has 0 fully saturated rings. The van der Waals surface area contributed by atoms with Gasteiger partial charge in [0.05, 0.1) is 5.73 Å². The fraction of sp³-hybridized carbons (Fsp3) is 0.500. The van der Waals surface area contributed by atoms with Crippen LogP contribution in [0, 0.1) is 0 Å². The van der Waals surface area contributed by atoms with Gasteiger partial charge in [0, 0.05) is 6.61 Å². The number of hydrogen-bond acceptors (Lipinski definition) is 1. The molecule has 0 bridgehead atoms. The zero-order valence-electron chi connectivity index (χ0n) is 6.84. The standard InChI is InChI=1S/C8H16OSi/c1-5-9-8(4)10(6-2)7-3/h6-8,10H,2-3,5H2,1,4H3. The lowest BCUT2D eigenvalue weighted by Gasteiger charge is -2.14. The minimum absolute atomic E-state index is 0.347. The van der Waals surface area contributed by atoms with E-state index in [0.29, 0.717) is 5.73 Å². The smallest absolute Gasteiger partial charge is 0.117 e. The molecule has 2 heteroatoms. The van der Waals surface area contributed by atoms with Gasteiger partial charge in [0.25, 0.3) is 0 Å². The number of rotatable bonds is 5. The topological polar surface area (TPSA) is 9.23 Å². The van der Waals surface area contributed by atoms with Crippen molar-refractivity contribution in [3.8, 4) is 0 Å². The Hall–Kier alpha value is -0.343. The van der Waals surface area contributed by atoms with Crippen molar-refractivity contribution in [2.75, 3.05) is 6.61 Å². The van der Waals surface area contributed by atoms with Crippen LogP contribution in [-0.2, 0) is 4.74 Å². The van der Waals surface area contributed by atoms with Crippen molar-refractivity contribution in [3.05, 3.63) is 24.6 Å². The first-order chi connectivity index (χ1) is 4.76. The lowest BCUT2D eigenvalue weighted by Crippen LogP contribution is -2.27. The highest BCUT2D eigenvalue weighted by atomic mass is 28.3. The van der Waals surface area contributed by atoms with Crippen LogP contribution in [0.25, 0.3) is 0 Å². The molecule has 0 heterocycles. The van der Waals surface area contributed by atoms with Gasteiger partial charge in [-0.3, -0.25) is 0 Å². The van der Waals surface area contributed by atoms with Crippen molar-refractivity contribution in [1.29, 1.82) is 0 Å². The van der Waals surface area contributed by atoms with Crippen molar-refractivity contribution < 1.29 is 4.74 Å². The third-order valence-electron chi connectivity index (χ3n) is 1.52. The van der Waals surface area contributed by atoms with E-state index in [1.807, 2.05) is 18.3 Å². The van der Waals surface area contributed by atoms with E-state index in [-0.39, 0.29) is 0 Å². The summed E-state index contributed by atoms with van der Waals surface area (Å²) < 4.78 is 5.40. The molecule has 0 aliphatic carbocycles. The second kappa shape index (κ2) is 5.44. The average Bonchev–Trinajstić information content (AvgIpc) is 1.91. The zero-order valence-corrected chi connectivity index (χ0v) is 7.99. The largest absolute Gasteiger partial charge is 0.382 e. The molecule has 0 aromatic carbocycles. The van der Waals surface area contributed by atoms with Gasteiger partial charge in [0.1, 0.15) is 8.80 Å². The minimum atomic E-state index is -0.998. The summed E-state index contributed by atoms with van der Waals surface area (Å²) in [6.45, 7) is 12.4. The second-order valence-corrected chi connectivity index (χ2v) is 5.25. The van der Waals surface area contributed by atoms with E-state index in [4.69, 9.17) is 4.74 Å². The van der Waals surface area contributed by atoms with E-state index in [1.165, 1.54) is 0 Å². The van der Waals surface area contributed by atoms with E-state index < -0.39 is 8.80 Å². The van der Waals surface area contributed by atoms with Crippen LogP contribution < -0.4 is 0 Å². The summed E-state index contributed by atoms with van der Waals surface area (Å²) in [5.74, 6) is 0. The normalized spacial score (nSPS) is 13.1. The molecular weight excluding hydrogens is 140 g/mol. The lowest BCUT2D eigenvalue weighted by atomic mass is 10.8. The highest BCUT2D eigenvalue weighted by Crippen LogP contribution is 1.98. The Bertz CT molecular complexity index is 104. The maximum atomic E-state index is 5.40. The van der Waals surface area contributed by atoms with Crippen molar-refractivity contribution in [1.82, 2.24) is 0 Å². The molecule has 0 aromatic rings. The van der Waals surface area contributed by atoms with Gasteiger partial charge in [-0.1, -0.05) is 11.4 Å². The fourth-order valence-electron chi connectivity index (χ4n) is 0.854. The first-order valence-corrected chi connectivity index (χ1v) is 5.63. The van der Waals surface area contributed by atoms with Gasteiger partial charge in [0.2, 0.25) is 0 Å². The van der Waals surface area contributed by atoms with Crippen molar-refractivity contribution >= 4 is 8.80 Å². The van der Waals surface area contributed by atoms with Crippen LogP contribution in [0.15, 0.2) is 24.6 Å². The summed E-state index contributed by atoms with van der Waals surface area (Å²) in [6.07, 6.45) is 0. The molecule has 0 N–H and O–H groups in total. The predicted molar refractivity (Wildman–Crippen MR) is 48.6 cm³/mol. The second-order valence-electron chi connectivity index (χ2n) is 2.21. The average molecular weight is 156 g/mol. The van der Waals surface area contributed by atoms with Gasteiger partial charge in [0.15, 0.2) is 0 Å². The van der Waals surface area contributed by atoms with Gasteiger partial charge in [-0.05, 0) is 13.8 Å². The predicted octanol–water partition coefficient (Wildman–Crippen LogP) is 1.63. The molecule has 58 valence electrons. The molecular formula is C8H16OSi. The monoisotopic (exact) mass is 156 g/mol. The Balaban J connectivity index is 3.75. The van der Waals surface area contributed by atoms with Crippen LogP contribution in [0.2, 0.25) is 0 Å². The van der Waals surface area contributed by atoms with Gasteiger partial charge in [-0.2, -0.15) is 0 Å². The van der Waals surface area contributed by atoms with E-state index in [2.05, 4.69) is 20.1 Å². The van der Waals surface area contributed by atoms with E-state index in [0.717, 1.165) is 6.61 Å². The Morgan fingerprint density at radius 2 is 2.00 bits per heavy atom. The Morgan fingerprint density at radius 3 is 2.30 bits per heavy atom. The summed E-state index contributed by atoms with van der Waals surface area (Å²) in [7, 11) is -0.998. The molecule has 1 unspecified atom stereocenters. The van der Waals surface area contributed by atoms with Crippen molar-refractivity contribution in [3.63, 3.8) is 0 Å². The van der Waals surface area contributed by atoms with Crippen LogP contribution in [-0.4, -0.2) is 21.1 Å². The molecule has 0 aliphatic heterocycles. The summed E-state index contributed by atoms with van der Waals surface area (Å²) in [5, 5.41) is 0. The van der Waals surface area contributed by atoms with Gasteiger partial charge < -0.3 is 4.74 Å². The first-order valence-electron chi connectivity index (χ1n) is 3.63. The van der Waals surface area contributed by atoms with E-state index in [1.54, 1.807) is 0 Å². The van der Waals surface area contributed by atoms with Crippen molar-refractivity contribution in [2.24, 2.45) is 0 Å². The maximum absolute atomic E-state index is 5.40. The van der Waals surface area contributed by atoms with Crippen LogP contribution in [0.1, 0.15) is 13.8 Å². The minimum Gasteiger partial charge on any atom is -0.382 e. The molecule has 0 spiro atoms. The van der Waals surface area contributed by atoms with E-state index >= 15 is 0 Å². The fourth-order valence-corrected chi connectivity index (χ4v) is 2.23. The summed E-state index contributed by atoms with van der Waals surface area (Å²) in [6, 6.07) is 0. The zero-order chi connectivity index (χ0) is 7.98. The molecule has 0 saturated heterocycles. The first kappa shape index (κ1) is 9.66. The Morgan fingerprint density at radius 1 is 1.50 bits per heavy atom. The molecule has 0 saturated carbocycles. The SMILES string of the molecule is C=C[SiH](C=C)C(C)OCC. The molecule has 0 aliphatic rings. The van der Waals surface area contributed by atoms with Crippen LogP contribution >= 0.6 is 0 Å². The molecule has 0 aromatic heterocycles. The van der Waals surface area contributed by atoms with Crippen LogP contribution in [0.4, 0.5) is 0 Å². The lowest BCUT2D eigenvalue weighted by molar-refractivity contribution is 0.128. The third-order valence-corrected chi connectivity index (χ3v) is 3.88. The highest BCUT2D eigenvalue weighted by molar-refractivity contribution is 6.70. The molecule has 10 heavy (non-hydrogen) atoms. The van der Waals surface area contributed by atoms with Crippen LogP contribution in [0.5, 0.6) is 0 Å². The molecule has 0 radical (unpaired) electrons. The number of hydrogen-bond donors (Lipinski definition) is 0. The number of ether oxygens (including phenoxy) is 1. The quantitative estimate of drug-likeness (QED) is 0.550. The molecule has 1 atom stereocenters. The van der Waals surface area contributed by atoms with Gasteiger partial charge in [-0.15, -0.1) is 13.2 Å².